The Bertz CT molecular complexity index is 715. The van der Waals surface area contributed by atoms with Crippen molar-refractivity contribution >= 4 is 23.2 Å². The van der Waals surface area contributed by atoms with Crippen molar-refractivity contribution in [2.24, 2.45) is 0 Å². The lowest BCUT2D eigenvalue weighted by Gasteiger charge is -2.17. The maximum atomic E-state index is 12.3. The summed E-state index contributed by atoms with van der Waals surface area (Å²) < 4.78 is 5.71. The fourth-order valence-electron chi connectivity index (χ4n) is 2.13. The SMILES string of the molecule is Cc1ccc(CO)cc1NC(=O)C(C)Oc1ccc(Cl)cc1C. The van der Waals surface area contributed by atoms with Crippen molar-refractivity contribution in [3.05, 3.63) is 58.1 Å². The van der Waals surface area contributed by atoms with Crippen molar-refractivity contribution in [2.45, 2.75) is 33.5 Å². The van der Waals surface area contributed by atoms with Crippen LogP contribution in [0.4, 0.5) is 5.69 Å². The third-order valence-electron chi connectivity index (χ3n) is 3.55. The number of aliphatic hydroxyl groups excluding tert-OH is 1. The molecule has 2 aromatic rings. The van der Waals surface area contributed by atoms with Crippen LogP contribution in [0.5, 0.6) is 5.75 Å². The number of rotatable bonds is 5. The molecule has 1 amide bonds. The molecule has 0 aliphatic rings. The van der Waals surface area contributed by atoms with Gasteiger partial charge < -0.3 is 15.2 Å². The van der Waals surface area contributed by atoms with Crippen LogP contribution in [0.1, 0.15) is 23.6 Å². The Morgan fingerprint density at radius 1 is 1.22 bits per heavy atom. The molecule has 0 radical (unpaired) electrons. The van der Waals surface area contributed by atoms with Crippen LogP contribution in [0.2, 0.25) is 5.02 Å². The minimum atomic E-state index is -0.660. The summed E-state index contributed by atoms with van der Waals surface area (Å²) in [6, 6.07) is 10.7. The van der Waals surface area contributed by atoms with Crippen molar-refractivity contribution in [1.82, 2.24) is 0 Å². The van der Waals surface area contributed by atoms with E-state index in [9.17, 15) is 9.90 Å². The highest BCUT2D eigenvalue weighted by Crippen LogP contribution is 2.23. The monoisotopic (exact) mass is 333 g/mol. The third-order valence-corrected chi connectivity index (χ3v) is 3.79. The molecule has 2 aromatic carbocycles. The van der Waals surface area contributed by atoms with Gasteiger partial charge in [-0.3, -0.25) is 4.79 Å². The molecular formula is C18H20ClNO3. The summed E-state index contributed by atoms with van der Waals surface area (Å²) >= 11 is 5.91. The molecule has 5 heteroatoms. The van der Waals surface area contributed by atoms with Crippen LogP contribution in [0.15, 0.2) is 36.4 Å². The first-order valence-corrected chi connectivity index (χ1v) is 7.72. The molecule has 1 unspecified atom stereocenters. The minimum Gasteiger partial charge on any atom is -0.481 e. The highest BCUT2D eigenvalue weighted by Gasteiger charge is 2.17. The topological polar surface area (TPSA) is 58.6 Å². The van der Waals surface area contributed by atoms with Crippen LogP contribution >= 0.6 is 11.6 Å². The molecule has 2 rings (SSSR count). The number of aliphatic hydroxyl groups is 1. The number of ether oxygens (including phenoxy) is 1. The molecule has 1 atom stereocenters. The normalized spacial score (nSPS) is 11.9. The number of hydrogen-bond acceptors (Lipinski definition) is 3. The van der Waals surface area contributed by atoms with Crippen molar-refractivity contribution < 1.29 is 14.6 Å². The zero-order valence-corrected chi connectivity index (χ0v) is 14.1. The number of benzene rings is 2. The van der Waals surface area contributed by atoms with Crippen LogP contribution in [0.3, 0.4) is 0 Å². The standard InChI is InChI=1S/C18H20ClNO3/c1-11-4-5-14(10-21)9-16(11)20-18(22)13(3)23-17-7-6-15(19)8-12(17)2/h4-9,13,21H,10H2,1-3H3,(H,20,22). The minimum absolute atomic E-state index is 0.0703. The van der Waals surface area contributed by atoms with E-state index < -0.39 is 6.10 Å². The Labute approximate surface area is 141 Å². The molecule has 0 aliphatic heterocycles. The molecule has 122 valence electrons. The predicted octanol–water partition coefficient (Wildman–Crippen LogP) is 3.86. The van der Waals surface area contributed by atoms with Crippen molar-refractivity contribution in [2.75, 3.05) is 5.32 Å². The summed E-state index contributed by atoms with van der Waals surface area (Å²) in [6.45, 7) is 5.39. The van der Waals surface area contributed by atoms with E-state index in [4.69, 9.17) is 16.3 Å². The molecule has 0 heterocycles. The van der Waals surface area contributed by atoms with E-state index >= 15 is 0 Å². The molecule has 0 saturated carbocycles. The average molecular weight is 334 g/mol. The number of hydrogen-bond donors (Lipinski definition) is 2. The summed E-state index contributed by atoms with van der Waals surface area (Å²) in [5.74, 6) is 0.371. The second-order valence-electron chi connectivity index (χ2n) is 5.47. The molecule has 23 heavy (non-hydrogen) atoms. The Balaban J connectivity index is 2.08. The van der Waals surface area contributed by atoms with E-state index in [2.05, 4.69) is 5.32 Å². The van der Waals surface area contributed by atoms with E-state index in [1.807, 2.05) is 26.0 Å². The molecule has 0 bridgehead atoms. The van der Waals surface area contributed by atoms with Gasteiger partial charge in [0, 0.05) is 10.7 Å². The first-order chi connectivity index (χ1) is 10.9. The third kappa shape index (κ3) is 4.47. The predicted molar refractivity (Wildman–Crippen MR) is 92.0 cm³/mol. The Hall–Kier alpha value is -2.04. The average Bonchev–Trinajstić information content (AvgIpc) is 2.52. The first-order valence-electron chi connectivity index (χ1n) is 7.34. The second-order valence-corrected chi connectivity index (χ2v) is 5.90. The second kappa shape index (κ2) is 7.49. The zero-order chi connectivity index (χ0) is 17.0. The summed E-state index contributed by atoms with van der Waals surface area (Å²) in [5, 5.41) is 12.7. The molecule has 2 N–H and O–H groups in total. The van der Waals surface area contributed by atoms with Crippen LogP contribution in [-0.2, 0) is 11.4 Å². The number of carbonyl (C=O) groups excluding carboxylic acids is 1. The van der Waals surface area contributed by atoms with Gasteiger partial charge in [0.1, 0.15) is 5.75 Å². The fourth-order valence-corrected chi connectivity index (χ4v) is 2.35. The quantitative estimate of drug-likeness (QED) is 0.873. The van der Waals surface area contributed by atoms with E-state index in [1.54, 1.807) is 31.2 Å². The van der Waals surface area contributed by atoms with Gasteiger partial charge in [0.05, 0.1) is 6.61 Å². The van der Waals surface area contributed by atoms with Gasteiger partial charge in [-0.1, -0.05) is 23.7 Å². The van der Waals surface area contributed by atoms with Gasteiger partial charge in [-0.15, -0.1) is 0 Å². The van der Waals surface area contributed by atoms with Gasteiger partial charge in [0.15, 0.2) is 6.10 Å². The first kappa shape index (κ1) is 17.3. The maximum Gasteiger partial charge on any atom is 0.265 e. The number of nitrogens with one attached hydrogen (secondary N) is 1. The fraction of sp³-hybridized carbons (Fsp3) is 0.278. The van der Waals surface area contributed by atoms with E-state index in [0.717, 1.165) is 16.7 Å². The number of carbonyl (C=O) groups is 1. The molecular weight excluding hydrogens is 314 g/mol. The summed E-state index contributed by atoms with van der Waals surface area (Å²) in [7, 11) is 0. The van der Waals surface area contributed by atoms with Gasteiger partial charge in [-0.05, 0) is 61.7 Å². The van der Waals surface area contributed by atoms with Gasteiger partial charge in [-0.25, -0.2) is 0 Å². The molecule has 0 saturated heterocycles. The Morgan fingerprint density at radius 3 is 2.61 bits per heavy atom. The van der Waals surface area contributed by atoms with Crippen molar-refractivity contribution in [1.29, 1.82) is 0 Å². The molecule has 0 spiro atoms. The molecule has 0 fully saturated rings. The van der Waals surface area contributed by atoms with Crippen LogP contribution < -0.4 is 10.1 Å². The van der Waals surface area contributed by atoms with Crippen LogP contribution in [-0.4, -0.2) is 17.1 Å². The zero-order valence-electron chi connectivity index (χ0n) is 13.4. The van der Waals surface area contributed by atoms with Gasteiger partial charge in [-0.2, -0.15) is 0 Å². The highest BCUT2D eigenvalue weighted by atomic mass is 35.5. The molecule has 0 aliphatic carbocycles. The largest absolute Gasteiger partial charge is 0.481 e. The summed E-state index contributed by atoms with van der Waals surface area (Å²) in [5.41, 5.74) is 3.21. The van der Waals surface area contributed by atoms with Crippen molar-refractivity contribution in [3.8, 4) is 5.75 Å². The van der Waals surface area contributed by atoms with Gasteiger partial charge in [0.2, 0.25) is 0 Å². The number of amides is 1. The van der Waals surface area contributed by atoms with E-state index in [1.165, 1.54) is 0 Å². The Kier molecular flexibility index (Phi) is 5.64. The maximum absolute atomic E-state index is 12.3. The number of halogens is 1. The van der Waals surface area contributed by atoms with Gasteiger partial charge in [0.25, 0.3) is 5.91 Å². The lowest BCUT2D eigenvalue weighted by molar-refractivity contribution is -0.122. The lowest BCUT2D eigenvalue weighted by atomic mass is 10.1. The summed E-state index contributed by atoms with van der Waals surface area (Å²) in [6.07, 6.45) is -0.660. The van der Waals surface area contributed by atoms with Crippen LogP contribution in [0.25, 0.3) is 0 Å². The molecule has 4 nitrogen and oxygen atoms in total. The summed E-state index contributed by atoms with van der Waals surface area (Å²) in [4.78, 5) is 12.3. The van der Waals surface area contributed by atoms with Crippen LogP contribution in [0, 0.1) is 13.8 Å². The lowest BCUT2D eigenvalue weighted by Crippen LogP contribution is -2.30. The van der Waals surface area contributed by atoms with Gasteiger partial charge >= 0.3 is 0 Å². The van der Waals surface area contributed by atoms with Crippen molar-refractivity contribution in [3.63, 3.8) is 0 Å². The number of anilines is 1. The Morgan fingerprint density at radius 2 is 1.96 bits per heavy atom. The van der Waals surface area contributed by atoms with E-state index in [0.29, 0.717) is 16.5 Å². The molecule has 0 aromatic heterocycles. The smallest absolute Gasteiger partial charge is 0.265 e. The number of aryl methyl sites for hydroxylation is 2. The van der Waals surface area contributed by atoms with E-state index in [-0.39, 0.29) is 12.5 Å². The highest BCUT2D eigenvalue weighted by molar-refractivity contribution is 6.30.